The van der Waals surface area contributed by atoms with Gasteiger partial charge in [0, 0.05) is 31.1 Å². The van der Waals surface area contributed by atoms with Crippen LogP contribution in [0.25, 0.3) is 0 Å². The molecule has 1 rings (SSSR count). The monoisotopic (exact) mass is 229 g/mol. The van der Waals surface area contributed by atoms with Gasteiger partial charge in [-0.2, -0.15) is 0 Å². The van der Waals surface area contributed by atoms with Crippen LogP contribution in [0.1, 0.15) is 13.8 Å². The molecule has 0 spiro atoms. The molecule has 0 aliphatic carbocycles. The van der Waals surface area contributed by atoms with Gasteiger partial charge in [0.05, 0.1) is 13.2 Å². The van der Waals surface area contributed by atoms with Gasteiger partial charge in [-0.25, -0.2) is 0 Å². The highest BCUT2D eigenvalue weighted by Crippen LogP contribution is 2.15. The second kappa shape index (κ2) is 6.55. The zero-order valence-corrected chi connectivity index (χ0v) is 11.1. The summed E-state index contributed by atoms with van der Waals surface area (Å²) in [5.41, 5.74) is 6.02. The van der Waals surface area contributed by atoms with E-state index in [1.165, 1.54) is 0 Å². The summed E-state index contributed by atoms with van der Waals surface area (Å²) in [5, 5.41) is 0. The van der Waals surface area contributed by atoms with E-state index in [4.69, 9.17) is 10.5 Å². The third kappa shape index (κ3) is 4.01. The van der Waals surface area contributed by atoms with Crippen LogP contribution in [0.2, 0.25) is 0 Å². The molecule has 1 saturated heterocycles. The number of hydrogen-bond acceptors (Lipinski definition) is 4. The van der Waals surface area contributed by atoms with Crippen molar-refractivity contribution in [1.82, 2.24) is 9.80 Å². The van der Waals surface area contributed by atoms with Crippen molar-refractivity contribution in [3.05, 3.63) is 0 Å². The zero-order chi connectivity index (χ0) is 12.1. The SMILES string of the molecule is CCN(CC1COCC1N)C(C)CN(C)C. The Balaban J connectivity index is 2.41. The van der Waals surface area contributed by atoms with E-state index >= 15 is 0 Å². The van der Waals surface area contributed by atoms with Crippen LogP contribution in [-0.4, -0.2) is 68.8 Å². The molecule has 1 aliphatic rings. The molecule has 1 fully saturated rings. The first kappa shape index (κ1) is 13.9. The second-order valence-corrected chi connectivity index (χ2v) is 5.16. The van der Waals surface area contributed by atoms with E-state index in [1.807, 2.05) is 0 Å². The normalized spacial score (nSPS) is 27.9. The first-order chi connectivity index (χ1) is 7.54. The lowest BCUT2D eigenvalue weighted by Crippen LogP contribution is -2.45. The van der Waals surface area contributed by atoms with Crippen molar-refractivity contribution in [1.29, 1.82) is 0 Å². The van der Waals surface area contributed by atoms with E-state index in [1.54, 1.807) is 0 Å². The summed E-state index contributed by atoms with van der Waals surface area (Å²) in [5.74, 6) is 0.504. The molecule has 96 valence electrons. The number of ether oxygens (including phenoxy) is 1. The molecule has 0 bridgehead atoms. The fourth-order valence-electron chi connectivity index (χ4n) is 2.37. The molecule has 3 unspecified atom stereocenters. The van der Waals surface area contributed by atoms with Gasteiger partial charge in [0.2, 0.25) is 0 Å². The lowest BCUT2D eigenvalue weighted by Gasteiger charge is -2.32. The Labute approximate surface area is 99.7 Å². The molecule has 0 saturated carbocycles. The van der Waals surface area contributed by atoms with Gasteiger partial charge >= 0.3 is 0 Å². The molecule has 16 heavy (non-hydrogen) atoms. The second-order valence-electron chi connectivity index (χ2n) is 5.16. The summed E-state index contributed by atoms with van der Waals surface area (Å²) in [7, 11) is 4.24. The Kier molecular flexibility index (Phi) is 5.69. The fraction of sp³-hybridized carbons (Fsp3) is 1.00. The summed E-state index contributed by atoms with van der Waals surface area (Å²) < 4.78 is 5.41. The zero-order valence-electron chi connectivity index (χ0n) is 11.1. The van der Waals surface area contributed by atoms with Crippen LogP contribution in [0.5, 0.6) is 0 Å². The number of nitrogens with two attached hydrogens (primary N) is 1. The molecule has 1 heterocycles. The molecule has 3 atom stereocenters. The van der Waals surface area contributed by atoms with Crippen LogP contribution in [-0.2, 0) is 4.74 Å². The van der Waals surface area contributed by atoms with Gasteiger partial charge in [-0.1, -0.05) is 6.92 Å². The Morgan fingerprint density at radius 2 is 2.06 bits per heavy atom. The maximum absolute atomic E-state index is 6.02. The van der Waals surface area contributed by atoms with Crippen LogP contribution >= 0.6 is 0 Å². The average molecular weight is 229 g/mol. The Bertz CT molecular complexity index is 199. The van der Waals surface area contributed by atoms with Gasteiger partial charge in [0.25, 0.3) is 0 Å². The summed E-state index contributed by atoms with van der Waals surface area (Å²) in [6.07, 6.45) is 0. The van der Waals surface area contributed by atoms with E-state index in [0.29, 0.717) is 12.0 Å². The number of likely N-dealkylation sites (N-methyl/N-ethyl adjacent to an activating group) is 2. The van der Waals surface area contributed by atoms with Gasteiger partial charge in [0.1, 0.15) is 0 Å². The highest BCUT2D eigenvalue weighted by atomic mass is 16.5. The standard InChI is InChI=1S/C12H27N3O/c1-5-15(10(2)6-14(3)4)7-11-8-16-9-12(11)13/h10-12H,5-9,13H2,1-4H3. The number of rotatable bonds is 6. The molecule has 1 aliphatic heterocycles. The minimum absolute atomic E-state index is 0.223. The molecule has 0 aromatic carbocycles. The van der Waals surface area contributed by atoms with Crippen molar-refractivity contribution in [3.63, 3.8) is 0 Å². The molecule has 0 radical (unpaired) electrons. The van der Waals surface area contributed by atoms with Gasteiger partial charge in [-0.05, 0) is 27.6 Å². The van der Waals surface area contributed by atoms with Crippen LogP contribution in [0.15, 0.2) is 0 Å². The summed E-state index contributed by atoms with van der Waals surface area (Å²) in [6, 6.07) is 0.799. The van der Waals surface area contributed by atoms with Gasteiger partial charge in [-0.15, -0.1) is 0 Å². The largest absolute Gasteiger partial charge is 0.379 e. The average Bonchev–Trinajstić information content (AvgIpc) is 2.59. The van der Waals surface area contributed by atoms with Crippen molar-refractivity contribution < 1.29 is 4.74 Å². The smallest absolute Gasteiger partial charge is 0.0621 e. The molecule has 2 N–H and O–H groups in total. The quantitative estimate of drug-likeness (QED) is 0.708. The van der Waals surface area contributed by atoms with Gasteiger partial charge < -0.3 is 15.4 Å². The maximum atomic E-state index is 6.02. The van der Waals surface area contributed by atoms with E-state index in [9.17, 15) is 0 Å². The van der Waals surface area contributed by atoms with Crippen molar-refractivity contribution in [2.45, 2.75) is 25.9 Å². The van der Waals surface area contributed by atoms with Crippen LogP contribution < -0.4 is 5.73 Å². The van der Waals surface area contributed by atoms with E-state index in [-0.39, 0.29) is 6.04 Å². The predicted octanol–water partition coefficient (Wildman–Crippen LogP) is 0.232. The maximum Gasteiger partial charge on any atom is 0.0621 e. The van der Waals surface area contributed by atoms with Gasteiger partial charge in [-0.3, -0.25) is 4.90 Å². The van der Waals surface area contributed by atoms with Crippen molar-refractivity contribution in [2.75, 3.05) is 46.9 Å². The fourth-order valence-corrected chi connectivity index (χ4v) is 2.37. The molecular formula is C12H27N3O. The Morgan fingerprint density at radius 3 is 2.50 bits per heavy atom. The molecule has 4 nitrogen and oxygen atoms in total. The topological polar surface area (TPSA) is 41.7 Å². The minimum atomic E-state index is 0.223. The number of hydrogen-bond donors (Lipinski definition) is 1. The van der Waals surface area contributed by atoms with Crippen LogP contribution in [0, 0.1) is 5.92 Å². The highest BCUT2D eigenvalue weighted by molar-refractivity contribution is 4.82. The lowest BCUT2D eigenvalue weighted by molar-refractivity contribution is 0.137. The third-order valence-corrected chi connectivity index (χ3v) is 3.38. The molecule has 0 aromatic heterocycles. The third-order valence-electron chi connectivity index (χ3n) is 3.38. The minimum Gasteiger partial charge on any atom is -0.379 e. The van der Waals surface area contributed by atoms with Crippen molar-refractivity contribution in [3.8, 4) is 0 Å². The van der Waals surface area contributed by atoms with E-state index in [0.717, 1.165) is 32.8 Å². The van der Waals surface area contributed by atoms with Crippen molar-refractivity contribution >= 4 is 0 Å². The molecule has 0 amide bonds. The molecule has 0 aromatic rings. The first-order valence-corrected chi connectivity index (χ1v) is 6.26. The highest BCUT2D eigenvalue weighted by Gasteiger charge is 2.27. The summed E-state index contributed by atoms with van der Waals surface area (Å²) in [6.45, 7) is 9.29. The predicted molar refractivity (Wildman–Crippen MR) is 67.5 cm³/mol. The molecule has 4 heteroatoms. The first-order valence-electron chi connectivity index (χ1n) is 6.26. The van der Waals surface area contributed by atoms with Crippen molar-refractivity contribution in [2.24, 2.45) is 11.7 Å². The Morgan fingerprint density at radius 1 is 1.38 bits per heavy atom. The summed E-state index contributed by atoms with van der Waals surface area (Å²) >= 11 is 0. The Hall–Kier alpha value is -0.160. The van der Waals surface area contributed by atoms with Crippen LogP contribution in [0.4, 0.5) is 0 Å². The molecular weight excluding hydrogens is 202 g/mol. The van der Waals surface area contributed by atoms with E-state index in [2.05, 4.69) is 37.7 Å². The van der Waals surface area contributed by atoms with Gasteiger partial charge in [0.15, 0.2) is 0 Å². The summed E-state index contributed by atoms with van der Waals surface area (Å²) in [4.78, 5) is 4.73. The van der Waals surface area contributed by atoms with Crippen LogP contribution in [0.3, 0.4) is 0 Å². The number of nitrogens with zero attached hydrogens (tertiary/aromatic N) is 2. The lowest BCUT2D eigenvalue weighted by atomic mass is 10.0. The van der Waals surface area contributed by atoms with E-state index < -0.39 is 0 Å².